The molecule has 0 radical (unpaired) electrons. The Balaban J connectivity index is 2.25. The van der Waals surface area contributed by atoms with Gasteiger partial charge in [0.25, 0.3) is 0 Å². The molecule has 0 N–H and O–H groups in total. The Kier molecular flexibility index (Phi) is 2.63. The molecule has 1 aromatic carbocycles. The Labute approximate surface area is 81.0 Å². The topological polar surface area (TPSA) is 6.48 Å². The Bertz CT molecular complexity index is 266. The minimum absolute atomic E-state index is 0.196. The number of nitrogens with zero attached hydrogens (tertiary/aromatic N) is 2. The lowest BCUT2D eigenvalue weighted by Crippen LogP contribution is -2.17. The number of hydrogen-bond acceptors (Lipinski definition) is 2. The SMILES string of the molecule is CN1CCN(C)P1c1ccccc1. The summed E-state index contributed by atoms with van der Waals surface area (Å²) in [4.78, 5) is 0. The summed E-state index contributed by atoms with van der Waals surface area (Å²) >= 11 is 0. The number of likely N-dealkylation sites (N-methyl/N-ethyl adjacent to an activating group) is 2. The average molecular weight is 194 g/mol. The molecule has 0 atom stereocenters. The van der Waals surface area contributed by atoms with Crippen molar-refractivity contribution in [3.8, 4) is 0 Å². The summed E-state index contributed by atoms with van der Waals surface area (Å²) in [6, 6.07) is 10.8. The lowest BCUT2D eigenvalue weighted by atomic mass is 10.4. The van der Waals surface area contributed by atoms with Crippen LogP contribution in [0.15, 0.2) is 30.3 Å². The van der Waals surface area contributed by atoms with Crippen LogP contribution in [-0.2, 0) is 0 Å². The molecule has 70 valence electrons. The Morgan fingerprint density at radius 3 is 2.08 bits per heavy atom. The molecule has 0 spiro atoms. The molecule has 1 fully saturated rings. The second-order valence-electron chi connectivity index (χ2n) is 3.39. The van der Waals surface area contributed by atoms with E-state index in [1.165, 1.54) is 18.4 Å². The average Bonchev–Trinajstić information content (AvgIpc) is 2.48. The maximum Gasteiger partial charge on any atom is 0.0720 e. The van der Waals surface area contributed by atoms with Crippen molar-refractivity contribution in [2.75, 3.05) is 27.2 Å². The summed E-state index contributed by atoms with van der Waals surface area (Å²) in [5, 5.41) is 1.46. The van der Waals surface area contributed by atoms with E-state index < -0.39 is 0 Å². The first-order valence-corrected chi connectivity index (χ1v) is 5.81. The van der Waals surface area contributed by atoms with E-state index in [4.69, 9.17) is 0 Å². The van der Waals surface area contributed by atoms with Crippen LogP contribution in [0.2, 0.25) is 0 Å². The van der Waals surface area contributed by atoms with Crippen LogP contribution < -0.4 is 5.30 Å². The molecular weight excluding hydrogens is 179 g/mol. The fourth-order valence-electron chi connectivity index (χ4n) is 1.70. The largest absolute Gasteiger partial charge is 0.268 e. The Morgan fingerprint density at radius 1 is 1.00 bits per heavy atom. The van der Waals surface area contributed by atoms with E-state index in [2.05, 4.69) is 53.8 Å². The van der Waals surface area contributed by atoms with Gasteiger partial charge >= 0.3 is 0 Å². The summed E-state index contributed by atoms with van der Waals surface area (Å²) < 4.78 is 4.90. The standard InChI is InChI=1S/C10H15N2P/c1-11-8-9-12(2)13(11)10-6-4-3-5-7-10/h3-7H,8-9H2,1-2H3. The van der Waals surface area contributed by atoms with Crippen molar-refractivity contribution < 1.29 is 0 Å². The van der Waals surface area contributed by atoms with Crippen LogP contribution in [0.4, 0.5) is 0 Å². The first-order valence-electron chi connectivity index (χ1n) is 4.56. The van der Waals surface area contributed by atoms with E-state index in [1.807, 2.05) is 0 Å². The van der Waals surface area contributed by atoms with Gasteiger partial charge in [0, 0.05) is 18.4 Å². The third-order valence-electron chi connectivity index (χ3n) is 2.38. The number of rotatable bonds is 1. The minimum atomic E-state index is -0.196. The molecule has 0 unspecified atom stereocenters. The van der Waals surface area contributed by atoms with Crippen molar-refractivity contribution in [1.82, 2.24) is 9.34 Å². The molecule has 0 aliphatic carbocycles. The van der Waals surface area contributed by atoms with Crippen molar-refractivity contribution in [2.45, 2.75) is 0 Å². The van der Waals surface area contributed by atoms with Crippen LogP contribution in [0, 0.1) is 0 Å². The number of benzene rings is 1. The predicted octanol–water partition coefficient (Wildman–Crippen LogP) is 1.50. The highest BCUT2D eigenvalue weighted by atomic mass is 31.1. The van der Waals surface area contributed by atoms with E-state index in [9.17, 15) is 0 Å². The zero-order valence-electron chi connectivity index (χ0n) is 8.14. The quantitative estimate of drug-likeness (QED) is 0.625. The van der Waals surface area contributed by atoms with Gasteiger partial charge in [-0.2, -0.15) is 0 Å². The monoisotopic (exact) mass is 194 g/mol. The molecule has 2 rings (SSSR count). The molecule has 2 nitrogen and oxygen atoms in total. The van der Waals surface area contributed by atoms with Crippen molar-refractivity contribution in [1.29, 1.82) is 0 Å². The van der Waals surface area contributed by atoms with Crippen molar-refractivity contribution >= 4 is 13.5 Å². The highest BCUT2D eigenvalue weighted by molar-refractivity contribution is 7.61. The van der Waals surface area contributed by atoms with Gasteiger partial charge in [-0.1, -0.05) is 30.3 Å². The third-order valence-corrected chi connectivity index (χ3v) is 4.83. The molecule has 0 aromatic heterocycles. The van der Waals surface area contributed by atoms with E-state index >= 15 is 0 Å². The van der Waals surface area contributed by atoms with Crippen LogP contribution in [0.1, 0.15) is 0 Å². The van der Waals surface area contributed by atoms with Crippen LogP contribution >= 0.6 is 8.22 Å². The van der Waals surface area contributed by atoms with Gasteiger partial charge in [-0.3, -0.25) is 9.34 Å². The molecule has 0 bridgehead atoms. The molecule has 0 amide bonds. The van der Waals surface area contributed by atoms with Crippen LogP contribution in [0.3, 0.4) is 0 Å². The normalized spacial score (nSPS) is 21.1. The van der Waals surface area contributed by atoms with Crippen LogP contribution in [0.25, 0.3) is 0 Å². The van der Waals surface area contributed by atoms with E-state index in [0.717, 1.165) is 0 Å². The Hall–Kier alpha value is -0.430. The maximum atomic E-state index is 2.45. The summed E-state index contributed by atoms with van der Waals surface area (Å²) in [6.07, 6.45) is 0. The van der Waals surface area contributed by atoms with E-state index in [-0.39, 0.29) is 8.22 Å². The molecule has 0 saturated carbocycles. The molecular formula is C10H15N2P. The summed E-state index contributed by atoms with van der Waals surface area (Å²) in [5.41, 5.74) is 0. The summed E-state index contributed by atoms with van der Waals surface area (Å²) in [6.45, 7) is 2.38. The highest BCUT2D eigenvalue weighted by Gasteiger charge is 2.27. The zero-order valence-corrected chi connectivity index (χ0v) is 9.04. The summed E-state index contributed by atoms with van der Waals surface area (Å²) in [5.74, 6) is 0. The molecule has 13 heavy (non-hydrogen) atoms. The van der Waals surface area contributed by atoms with Crippen molar-refractivity contribution in [3.63, 3.8) is 0 Å². The predicted molar refractivity (Wildman–Crippen MR) is 58.3 cm³/mol. The molecule has 1 heterocycles. The van der Waals surface area contributed by atoms with Gasteiger partial charge in [-0.15, -0.1) is 0 Å². The van der Waals surface area contributed by atoms with E-state index in [0.29, 0.717) is 0 Å². The van der Waals surface area contributed by atoms with Gasteiger partial charge in [-0.25, -0.2) is 0 Å². The molecule has 1 aliphatic rings. The van der Waals surface area contributed by atoms with Gasteiger partial charge in [0.15, 0.2) is 0 Å². The fourth-order valence-corrected chi connectivity index (χ4v) is 4.00. The summed E-state index contributed by atoms with van der Waals surface area (Å²) in [7, 11) is 4.23. The van der Waals surface area contributed by atoms with Gasteiger partial charge < -0.3 is 0 Å². The van der Waals surface area contributed by atoms with Gasteiger partial charge in [-0.05, 0) is 14.1 Å². The zero-order chi connectivity index (χ0) is 9.26. The van der Waals surface area contributed by atoms with Gasteiger partial charge in [0.2, 0.25) is 0 Å². The molecule has 1 saturated heterocycles. The first kappa shape index (κ1) is 9.14. The third kappa shape index (κ3) is 1.76. The second-order valence-corrected chi connectivity index (χ2v) is 5.85. The molecule has 1 aliphatic heterocycles. The smallest absolute Gasteiger partial charge is 0.0720 e. The Morgan fingerprint density at radius 2 is 1.54 bits per heavy atom. The first-order chi connectivity index (χ1) is 6.29. The lowest BCUT2D eigenvalue weighted by Gasteiger charge is -2.24. The van der Waals surface area contributed by atoms with Crippen LogP contribution in [-0.4, -0.2) is 36.5 Å². The van der Waals surface area contributed by atoms with E-state index in [1.54, 1.807) is 0 Å². The minimum Gasteiger partial charge on any atom is -0.268 e. The lowest BCUT2D eigenvalue weighted by molar-refractivity contribution is 0.553. The maximum absolute atomic E-state index is 2.45. The molecule has 3 heteroatoms. The highest BCUT2D eigenvalue weighted by Crippen LogP contribution is 2.44. The van der Waals surface area contributed by atoms with Gasteiger partial charge in [0.05, 0.1) is 8.22 Å². The second kappa shape index (κ2) is 3.75. The fraction of sp³-hybridized carbons (Fsp3) is 0.400. The van der Waals surface area contributed by atoms with Gasteiger partial charge in [0.1, 0.15) is 0 Å². The van der Waals surface area contributed by atoms with Crippen molar-refractivity contribution in [3.05, 3.63) is 30.3 Å². The molecule has 1 aromatic rings. The van der Waals surface area contributed by atoms with Crippen molar-refractivity contribution in [2.24, 2.45) is 0 Å². The number of hydrogen-bond donors (Lipinski definition) is 0. The van der Waals surface area contributed by atoms with Crippen LogP contribution in [0.5, 0.6) is 0 Å².